The summed E-state index contributed by atoms with van der Waals surface area (Å²) in [5, 5.41) is 26.6. The molecule has 2 aliphatic heterocycles. The van der Waals surface area contributed by atoms with E-state index in [-0.39, 0.29) is 0 Å². The number of hydrogen-bond acceptors (Lipinski definition) is 13. The number of anilines is 1. The number of hydrogen-bond donors (Lipinski definition) is 8. The lowest BCUT2D eigenvalue weighted by atomic mass is 10.1. The van der Waals surface area contributed by atoms with E-state index >= 15 is 0 Å². The van der Waals surface area contributed by atoms with Gasteiger partial charge in [-0.2, -0.15) is 8.62 Å². The van der Waals surface area contributed by atoms with Crippen LogP contribution in [0.15, 0.2) is 11.3 Å². The van der Waals surface area contributed by atoms with Crippen molar-refractivity contribution in [3.05, 3.63) is 12.0 Å². The lowest BCUT2D eigenvalue weighted by Gasteiger charge is -2.24. The van der Waals surface area contributed by atoms with Crippen LogP contribution in [0.3, 0.4) is 0 Å². The number of phosphoric ester groups is 1. The van der Waals surface area contributed by atoms with Gasteiger partial charge in [-0.05, 0) is 14.0 Å². The van der Waals surface area contributed by atoms with Crippen molar-refractivity contribution >= 4 is 35.1 Å². The second-order valence-corrected chi connectivity index (χ2v) is 11.3. The van der Waals surface area contributed by atoms with Gasteiger partial charge in [-0.25, -0.2) is 23.7 Å². The van der Waals surface area contributed by atoms with Crippen LogP contribution < -0.4 is 10.6 Å². The second-order valence-electron chi connectivity index (χ2n) is 6.85. The Bertz CT molecular complexity index is 1060. The summed E-state index contributed by atoms with van der Waals surface area (Å²) in [5.74, 6) is 0.937. The van der Waals surface area contributed by atoms with Gasteiger partial charge in [-0.15, -0.1) is 0 Å². The van der Waals surface area contributed by atoms with Crippen LogP contribution in [0.5, 0.6) is 0 Å². The Balaban J connectivity index is 1.69. The summed E-state index contributed by atoms with van der Waals surface area (Å²) < 4.78 is 52.5. The molecule has 33 heavy (non-hydrogen) atoms. The third-order valence-corrected chi connectivity index (χ3v) is 8.21. The first-order valence-electron chi connectivity index (χ1n) is 8.98. The molecule has 0 aliphatic carbocycles. The minimum Gasteiger partial charge on any atom is -0.387 e. The monoisotopic (exact) mass is 537 g/mol. The molecule has 188 valence electrons. The maximum atomic E-state index is 11.9. The Labute approximate surface area is 185 Å². The van der Waals surface area contributed by atoms with Gasteiger partial charge >= 0.3 is 23.5 Å². The number of amidine groups is 1. The molecule has 0 saturated carbocycles. The summed E-state index contributed by atoms with van der Waals surface area (Å²) in [4.78, 5) is 44.3. The van der Waals surface area contributed by atoms with Crippen molar-refractivity contribution in [3.8, 4) is 0 Å². The average molecular weight is 537 g/mol. The highest BCUT2D eigenvalue weighted by atomic mass is 31.3. The van der Waals surface area contributed by atoms with Crippen LogP contribution in [0.4, 0.5) is 5.82 Å². The van der Waals surface area contributed by atoms with Crippen molar-refractivity contribution in [1.29, 1.82) is 0 Å². The van der Waals surface area contributed by atoms with Crippen LogP contribution in [0.1, 0.15) is 25.0 Å². The van der Waals surface area contributed by atoms with E-state index in [4.69, 9.17) is 19.4 Å². The fourth-order valence-electron chi connectivity index (χ4n) is 3.12. The van der Waals surface area contributed by atoms with E-state index < -0.39 is 60.8 Å². The molecule has 1 aromatic rings. The molecule has 1 aromatic heterocycles. The first-order valence-corrected chi connectivity index (χ1v) is 13.5. The number of fused-ring (bicyclic) bond motifs is 1. The third kappa shape index (κ3) is 6.33. The van der Waals surface area contributed by atoms with Gasteiger partial charge in [0.05, 0.1) is 12.9 Å². The predicted octanol–water partition coefficient (Wildman–Crippen LogP) is -1.09. The molecule has 7 atom stereocenters. The standard InChI is InChI=1S/C12H22N5O13P3/c1-5-15-10(13-2)7-11(16-5)17(4-14-7)12-9(19)8(18)6(28-12)3-27-32(23,24)30-33(25,26)29-31(20,21)22/h4,6,8-10,12-13,18-19H,3H2,1-2H3,(H,15,16)(H,23,24)(H,25,26)(H2,20,21,22). The molecule has 0 radical (unpaired) electrons. The van der Waals surface area contributed by atoms with Crippen LogP contribution in [-0.2, 0) is 31.6 Å². The molecule has 7 unspecified atom stereocenters. The number of imidazole rings is 1. The van der Waals surface area contributed by atoms with Crippen LogP contribution >= 0.6 is 23.5 Å². The van der Waals surface area contributed by atoms with Gasteiger partial charge in [0.2, 0.25) is 0 Å². The molecule has 21 heteroatoms. The van der Waals surface area contributed by atoms with E-state index in [2.05, 4.69) is 33.8 Å². The van der Waals surface area contributed by atoms with E-state index in [0.29, 0.717) is 17.3 Å². The summed E-state index contributed by atoms with van der Waals surface area (Å²) in [7, 11) is -15.0. The molecule has 3 rings (SSSR count). The van der Waals surface area contributed by atoms with Gasteiger partial charge < -0.3 is 39.8 Å². The lowest BCUT2D eigenvalue weighted by molar-refractivity contribution is -0.0510. The largest absolute Gasteiger partial charge is 0.490 e. The first kappa shape index (κ1) is 26.5. The van der Waals surface area contributed by atoms with Gasteiger partial charge in [0.15, 0.2) is 6.23 Å². The number of ether oxygens (including phenoxy) is 1. The summed E-state index contributed by atoms with van der Waals surface area (Å²) in [6.45, 7) is 0.763. The fourth-order valence-corrected chi connectivity index (χ4v) is 6.15. The zero-order chi connectivity index (χ0) is 24.8. The Morgan fingerprint density at radius 1 is 1.15 bits per heavy atom. The Morgan fingerprint density at radius 2 is 1.82 bits per heavy atom. The second kappa shape index (κ2) is 9.53. The zero-order valence-corrected chi connectivity index (χ0v) is 19.6. The first-order chi connectivity index (χ1) is 15.1. The number of aromatic nitrogens is 2. The van der Waals surface area contributed by atoms with Crippen LogP contribution in [0.25, 0.3) is 0 Å². The quantitative estimate of drug-likeness (QED) is 0.174. The Hall–Kier alpha value is -1.07. The van der Waals surface area contributed by atoms with E-state index in [1.54, 1.807) is 14.0 Å². The maximum absolute atomic E-state index is 11.9. The summed E-state index contributed by atoms with van der Waals surface area (Å²) >= 11 is 0. The lowest BCUT2D eigenvalue weighted by Crippen LogP contribution is -2.34. The highest BCUT2D eigenvalue weighted by Gasteiger charge is 2.47. The third-order valence-electron chi connectivity index (χ3n) is 4.41. The van der Waals surface area contributed by atoms with Crippen LogP contribution in [-0.4, -0.2) is 77.1 Å². The SMILES string of the molecule is CNC1N=C(C)Nc2c1ncn2C1OC(COP(=O)(O)OP(=O)(O)OP(=O)(O)O)C(O)C1O. The van der Waals surface area contributed by atoms with E-state index in [0.717, 1.165) is 0 Å². The predicted molar refractivity (Wildman–Crippen MR) is 106 cm³/mol. The molecule has 2 aliphatic rings. The number of nitrogens with one attached hydrogen (secondary N) is 2. The molecule has 0 bridgehead atoms. The van der Waals surface area contributed by atoms with Crippen molar-refractivity contribution < 1.29 is 61.4 Å². The molecular weight excluding hydrogens is 515 g/mol. The molecule has 1 saturated heterocycles. The van der Waals surface area contributed by atoms with Crippen LogP contribution in [0.2, 0.25) is 0 Å². The molecule has 0 aromatic carbocycles. The topological polar surface area (TPSA) is 264 Å². The molecule has 8 N–H and O–H groups in total. The van der Waals surface area contributed by atoms with Gasteiger partial charge in [0, 0.05) is 0 Å². The number of rotatable bonds is 9. The smallest absolute Gasteiger partial charge is 0.387 e. The minimum atomic E-state index is -5.70. The Morgan fingerprint density at radius 3 is 2.42 bits per heavy atom. The molecule has 3 heterocycles. The fraction of sp³-hybridized carbons (Fsp3) is 0.667. The summed E-state index contributed by atoms with van der Waals surface area (Å²) in [6, 6.07) is 0. The number of aliphatic hydroxyl groups excluding tert-OH is 2. The van der Waals surface area contributed by atoms with Gasteiger partial charge in [-0.3, -0.25) is 14.4 Å². The van der Waals surface area contributed by atoms with E-state index in [1.165, 1.54) is 10.9 Å². The number of nitrogens with zero attached hydrogens (tertiary/aromatic N) is 3. The van der Waals surface area contributed by atoms with Gasteiger partial charge in [0.25, 0.3) is 0 Å². The van der Waals surface area contributed by atoms with Crippen molar-refractivity contribution in [2.75, 3.05) is 19.0 Å². The zero-order valence-electron chi connectivity index (χ0n) is 16.9. The summed E-state index contributed by atoms with van der Waals surface area (Å²) in [6.07, 6.45) is -4.99. The van der Waals surface area contributed by atoms with Crippen molar-refractivity contribution in [3.63, 3.8) is 0 Å². The van der Waals surface area contributed by atoms with Crippen LogP contribution in [0, 0.1) is 0 Å². The van der Waals surface area contributed by atoms with Crippen molar-refractivity contribution in [2.45, 2.75) is 37.6 Å². The van der Waals surface area contributed by atoms with Crippen molar-refractivity contribution in [1.82, 2.24) is 14.9 Å². The van der Waals surface area contributed by atoms with E-state index in [1.807, 2.05) is 0 Å². The molecule has 18 nitrogen and oxygen atoms in total. The Kier molecular flexibility index (Phi) is 7.66. The average Bonchev–Trinajstić information content (AvgIpc) is 3.18. The molecule has 1 fully saturated rings. The highest BCUT2D eigenvalue weighted by molar-refractivity contribution is 7.66. The number of aliphatic hydroxyl groups is 2. The molecule has 0 amide bonds. The summed E-state index contributed by atoms with van der Waals surface area (Å²) in [5.41, 5.74) is 0.477. The number of aliphatic imine (C=N–C) groups is 1. The highest BCUT2D eigenvalue weighted by Crippen LogP contribution is 2.66. The normalized spacial score (nSPS) is 31.3. The molecule has 0 spiro atoms. The minimum absolute atomic E-state index is 0.409. The van der Waals surface area contributed by atoms with E-state index in [9.17, 15) is 28.8 Å². The van der Waals surface area contributed by atoms with Gasteiger partial charge in [-0.1, -0.05) is 0 Å². The van der Waals surface area contributed by atoms with Crippen molar-refractivity contribution in [2.24, 2.45) is 4.99 Å². The maximum Gasteiger partial charge on any atom is 0.490 e. The molecular formula is C12H22N5O13P3. The number of phosphoric acid groups is 3. The van der Waals surface area contributed by atoms with Gasteiger partial charge in [0.1, 0.15) is 41.8 Å².